The number of nitrogens with zero attached hydrogens (tertiary/aromatic N) is 4. The van der Waals surface area contributed by atoms with Gasteiger partial charge in [-0.1, -0.05) is 0 Å². The number of β-amino-alcohol motifs (C(OH)–C–C–N with tert-alkyl or cyclic N) is 1. The number of halogens is 4. The number of hydrogen-bond donors (Lipinski definition) is 1. The number of aromatic nitrogens is 1. The minimum absolute atomic E-state index is 0.0418. The number of hydrogen-bond acceptors (Lipinski definition) is 8. The van der Waals surface area contributed by atoms with Crippen LogP contribution in [0, 0.1) is 11.6 Å². The van der Waals surface area contributed by atoms with Crippen LogP contribution in [0.15, 0.2) is 59.5 Å². The van der Waals surface area contributed by atoms with Crippen LogP contribution in [0.25, 0.3) is 0 Å². The Morgan fingerprint density at radius 2 is 1.69 bits per heavy atom. The molecule has 3 amide bonds. The highest BCUT2D eigenvalue weighted by atomic mass is 19.3. The van der Waals surface area contributed by atoms with Crippen molar-refractivity contribution >= 4 is 23.4 Å². The normalized spacial score (nSPS) is 19.8. The van der Waals surface area contributed by atoms with E-state index in [4.69, 9.17) is 9.47 Å². The van der Waals surface area contributed by atoms with Crippen LogP contribution in [-0.2, 0) is 14.3 Å². The Labute approximate surface area is 278 Å². The lowest BCUT2D eigenvalue weighted by Crippen LogP contribution is -2.46. The lowest BCUT2D eigenvalue weighted by molar-refractivity contribution is -0.135. The van der Waals surface area contributed by atoms with E-state index in [1.54, 1.807) is 0 Å². The van der Waals surface area contributed by atoms with E-state index in [1.165, 1.54) is 56.6 Å². The summed E-state index contributed by atoms with van der Waals surface area (Å²) in [6.07, 6.45) is 0.993. The fraction of sp³-hybridized carbons (Fsp3) is 0.394. The van der Waals surface area contributed by atoms with Gasteiger partial charge in [-0.15, -0.1) is 0 Å². The summed E-state index contributed by atoms with van der Waals surface area (Å²) in [7, 11) is 3.80. The average Bonchev–Trinajstić information content (AvgIpc) is 3.65. The number of likely N-dealkylation sites (tertiary alicyclic amines) is 1. The van der Waals surface area contributed by atoms with E-state index in [2.05, 4.69) is 4.74 Å². The molecule has 0 aliphatic carbocycles. The van der Waals surface area contributed by atoms with Gasteiger partial charge in [0.2, 0.25) is 5.91 Å². The van der Waals surface area contributed by atoms with Crippen molar-refractivity contribution in [2.75, 3.05) is 52.4 Å². The lowest BCUT2D eigenvalue weighted by atomic mass is 9.91. The van der Waals surface area contributed by atoms with Crippen LogP contribution < -0.4 is 19.9 Å². The molecule has 3 aromatic rings. The van der Waals surface area contributed by atoms with Gasteiger partial charge < -0.3 is 34.0 Å². The lowest BCUT2D eigenvalue weighted by Gasteiger charge is -2.28. The Morgan fingerprint density at radius 3 is 2.27 bits per heavy atom. The van der Waals surface area contributed by atoms with Gasteiger partial charge in [0.25, 0.3) is 17.4 Å². The number of likely N-dealkylation sites (N-methyl/N-ethyl adjacent to an activating group) is 1. The molecule has 0 bridgehead atoms. The highest BCUT2D eigenvalue weighted by Crippen LogP contribution is 2.38. The summed E-state index contributed by atoms with van der Waals surface area (Å²) in [4.78, 5) is 58.6. The minimum atomic E-state index is -3.10. The van der Waals surface area contributed by atoms with Crippen LogP contribution in [0.2, 0.25) is 0 Å². The molecule has 0 saturated carbocycles. The second-order valence-electron chi connectivity index (χ2n) is 11.6. The molecule has 4 atom stereocenters. The molecule has 262 valence electrons. The molecule has 0 radical (unpaired) electrons. The molecule has 1 aromatic heterocycles. The maximum atomic E-state index is 15.5. The fourth-order valence-electron chi connectivity index (χ4n) is 6.29. The third kappa shape index (κ3) is 7.10. The molecule has 1 N–H and O–H groups in total. The van der Waals surface area contributed by atoms with Crippen molar-refractivity contribution in [3.63, 3.8) is 0 Å². The maximum absolute atomic E-state index is 15.5. The third-order valence-electron chi connectivity index (χ3n) is 8.67. The molecule has 16 heteroatoms. The topological polar surface area (TPSA) is 131 Å². The van der Waals surface area contributed by atoms with Gasteiger partial charge >= 0.3 is 6.61 Å². The summed E-state index contributed by atoms with van der Waals surface area (Å²) >= 11 is 0. The number of carbonyl (C=O) groups is 3. The van der Waals surface area contributed by atoms with Crippen LogP contribution >= 0.6 is 0 Å². The van der Waals surface area contributed by atoms with Gasteiger partial charge in [-0.25, -0.2) is 8.78 Å². The van der Waals surface area contributed by atoms with Gasteiger partial charge in [0.05, 0.1) is 19.8 Å². The molecular weight excluding hydrogens is 656 g/mol. The Balaban J connectivity index is 1.55. The van der Waals surface area contributed by atoms with E-state index in [9.17, 15) is 33.1 Å². The number of amides is 3. The van der Waals surface area contributed by atoms with Crippen LogP contribution in [0.4, 0.5) is 23.2 Å². The second kappa shape index (κ2) is 14.7. The Kier molecular flexibility index (Phi) is 10.6. The van der Waals surface area contributed by atoms with Crippen molar-refractivity contribution in [2.24, 2.45) is 0 Å². The number of ether oxygens (including phenoxy) is 3. The summed E-state index contributed by atoms with van der Waals surface area (Å²) in [5.74, 6) is -5.92. The standard InChI is InChI=1S/C33H34F4N4O8/c1-38(29(43)18-6-8-20(9-7-18)49-33(36)37)28-22(27-23(34)13-21(48-3)14-24(27)35)16-41(32(28)46)25-5-4-11-40(31(25)45)26(17-47-2)30(44)39-12-10-19(42)15-39/h4-9,11,13-14,19,22,26,28,33,42H,10,12,15-17H2,1-3H3/t19-,22+,26?,28?/m1/s1. The van der Waals surface area contributed by atoms with Crippen LogP contribution in [-0.4, -0.2) is 103 Å². The van der Waals surface area contributed by atoms with Gasteiger partial charge in [0, 0.05) is 69.2 Å². The first-order chi connectivity index (χ1) is 23.4. The predicted octanol–water partition coefficient (Wildman–Crippen LogP) is 2.79. The largest absolute Gasteiger partial charge is 0.497 e. The fourth-order valence-corrected chi connectivity index (χ4v) is 6.29. The molecule has 2 aliphatic heterocycles. The molecule has 3 heterocycles. The Bertz CT molecular complexity index is 1750. The van der Waals surface area contributed by atoms with E-state index in [0.717, 1.165) is 38.6 Å². The van der Waals surface area contributed by atoms with Gasteiger partial charge in [0.15, 0.2) is 0 Å². The zero-order chi connectivity index (χ0) is 35.6. The van der Waals surface area contributed by atoms with Crippen LogP contribution in [0.3, 0.4) is 0 Å². The SMILES string of the molecule is COCC(C(=O)N1CC[C@@H](O)C1)n1cccc(N2C[C@@H](c3c(F)cc(OC)cc3F)C(N(C)C(=O)c3ccc(OC(F)F)cc3)C2=O)c1=O. The molecule has 2 unspecified atom stereocenters. The number of carbonyl (C=O) groups excluding carboxylic acids is 3. The Hall–Kier alpha value is -4.96. The number of anilines is 1. The van der Waals surface area contributed by atoms with E-state index < -0.39 is 77.7 Å². The van der Waals surface area contributed by atoms with Crippen molar-refractivity contribution in [1.82, 2.24) is 14.4 Å². The number of methoxy groups -OCH3 is 2. The smallest absolute Gasteiger partial charge is 0.387 e. The number of benzene rings is 2. The molecule has 12 nitrogen and oxygen atoms in total. The molecule has 2 aliphatic rings. The first-order valence-corrected chi connectivity index (χ1v) is 15.2. The molecule has 2 aromatic carbocycles. The van der Waals surface area contributed by atoms with Gasteiger partial charge in [-0.05, 0) is 42.8 Å². The van der Waals surface area contributed by atoms with Crippen molar-refractivity contribution in [2.45, 2.75) is 37.1 Å². The van der Waals surface area contributed by atoms with Gasteiger partial charge in [-0.3, -0.25) is 23.7 Å². The zero-order valence-electron chi connectivity index (χ0n) is 26.7. The molecule has 2 saturated heterocycles. The van der Waals surface area contributed by atoms with E-state index >= 15 is 8.78 Å². The molecular formula is C33H34F4N4O8. The number of aliphatic hydroxyl groups is 1. The third-order valence-corrected chi connectivity index (χ3v) is 8.67. The van der Waals surface area contributed by atoms with Crippen molar-refractivity contribution < 1.29 is 51.3 Å². The van der Waals surface area contributed by atoms with Gasteiger partial charge in [-0.2, -0.15) is 8.78 Å². The number of aliphatic hydroxyl groups excluding tert-OH is 1. The Morgan fingerprint density at radius 1 is 1.02 bits per heavy atom. The van der Waals surface area contributed by atoms with Crippen LogP contribution in [0.5, 0.6) is 11.5 Å². The van der Waals surface area contributed by atoms with Crippen molar-refractivity contribution in [1.29, 1.82) is 0 Å². The summed E-state index contributed by atoms with van der Waals surface area (Å²) in [5, 5.41) is 9.96. The van der Waals surface area contributed by atoms with Gasteiger partial charge in [0.1, 0.15) is 40.9 Å². The summed E-state index contributed by atoms with van der Waals surface area (Å²) < 4.78 is 72.0. The van der Waals surface area contributed by atoms with E-state index in [0.29, 0.717) is 6.42 Å². The molecule has 5 rings (SSSR count). The summed E-state index contributed by atoms with van der Waals surface area (Å²) in [6, 6.07) is 6.53. The number of pyridine rings is 1. The first kappa shape index (κ1) is 35.3. The average molecular weight is 691 g/mol. The highest BCUT2D eigenvalue weighted by Gasteiger charge is 2.48. The predicted molar refractivity (Wildman–Crippen MR) is 166 cm³/mol. The van der Waals surface area contributed by atoms with E-state index in [1.807, 2.05) is 0 Å². The number of alkyl halides is 2. The number of rotatable bonds is 11. The second-order valence-corrected chi connectivity index (χ2v) is 11.6. The monoisotopic (exact) mass is 690 g/mol. The molecule has 0 spiro atoms. The maximum Gasteiger partial charge on any atom is 0.387 e. The molecule has 2 fully saturated rings. The zero-order valence-corrected chi connectivity index (χ0v) is 26.7. The van der Waals surface area contributed by atoms with Crippen molar-refractivity contribution in [3.05, 3.63) is 87.8 Å². The quantitative estimate of drug-likeness (QED) is 0.304. The van der Waals surface area contributed by atoms with E-state index in [-0.39, 0.29) is 42.4 Å². The molecule has 49 heavy (non-hydrogen) atoms. The minimum Gasteiger partial charge on any atom is -0.497 e. The van der Waals surface area contributed by atoms with Crippen molar-refractivity contribution in [3.8, 4) is 11.5 Å². The van der Waals surface area contributed by atoms with Crippen LogP contribution in [0.1, 0.15) is 34.3 Å². The summed E-state index contributed by atoms with van der Waals surface area (Å²) in [5.41, 5.74) is -1.58. The summed E-state index contributed by atoms with van der Waals surface area (Å²) in [6.45, 7) is -3.41. The highest BCUT2D eigenvalue weighted by molar-refractivity contribution is 6.05. The first-order valence-electron chi connectivity index (χ1n) is 15.2.